The first-order valence-electron chi connectivity index (χ1n) is 8.47. The van der Waals surface area contributed by atoms with E-state index in [0.29, 0.717) is 16.9 Å². The molecule has 0 saturated carbocycles. The summed E-state index contributed by atoms with van der Waals surface area (Å²) < 4.78 is 20.0. The first-order chi connectivity index (χ1) is 13.2. The molecule has 2 amide bonds. The molecule has 7 nitrogen and oxygen atoms in total. The Morgan fingerprint density at radius 2 is 1.96 bits per heavy atom. The minimum Gasteiger partial charge on any atom is -0.437 e. The minimum absolute atomic E-state index is 0.224. The normalized spacial score (nSPS) is 13.0. The number of rotatable bonds is 4. The van der Waals surface area contributed by atoms with E-state index in [-0.39, 0.29) is 23.5 Å². The summed E-state index contributed by atoms with van der Waals surface area (Å²) in [6, 6.07) is 11.1. The van der Waals surface area contributed by atoms with Gasteiger partial charge in [-0.05, 0) is 24.6 Å². The van der Waals surface area contributed by atoms with Crippen molar-refractivity contribution in [3.63, 3.8) is 0 Å². The van der Waals surface area contributed by atoms with Crippen molar-refractivity contribution < 1.29 is 13.9 Å². The van der Waals surface area contributed by atoms with Crippen LogP contribution in [0.1, 0.15) is 6.42 Å². The third kappa shape index (κ3) is 3.69. The first kappa shape index (κ1) is 16.9. The van der Waals surface area contributed by atoms with Crippen LogP contribution < -0.4 is 10.1 Å². The number of urea groups is 1. The Bertz CT molecular complexity index is 978. The second-order valence-electron chi connectivity index (χ2n) is 5.99. The quantitative estimate of drug-likeness (QED) is 0.762. The highest BCUT2D eigenvalue weighted by Gasteiger charge is 2.20. The molecule has 0 spiro atoms. The number of amides is 2. The lowest BCUT2D eigenvalue weighted by molar-refractivity contribution is 0.181. The van der Waals surface area contributed by atoms with Gasteiger partial charge in [0.2, 0.25) is 5.88 Å². The molecule has 1 aliphatic rings. The maximum atomic E-state index is 14.2. The SMILES string of the molecule is O=C(Nc1cc(Oc2ncccc2-c2ccccc2F)cnn1)N1CCC1. The Morgan fingerprint density at radius 1 is 1.15 bits per heavy atom. The molecule has 0 bridgehead atoms. The number of nitrogens with zero attached hydrogens (tertiary/aromatic N) is 4. The smallest absolute Gasteiger partial charge is 0.323 e. The van der Waals surface area contributed by atoms with Crippen LogP contribution >= 0.6 is 0 Å². The molecule has 1 fully saturated rings. The summed E-state index contributed by atoms with van der Waals surface area (Å²) in [5, 5.41) is 10.4. The van der Waals surface area contributed by atoms with Crippen molar-refractivity contribution in [1.82, 2.24) is 20.1 Å². The standard InChI is InChI=1S/C19H16FN5O2/c20-16-7-2-1-5-14(16)15-6-3-8-21-18(15)27-13-11-17(24-22-12-13)23-19(26)25-9-4-10-25/h1-3,5-8,11-12H,4,9-10H2,(H,23,24,26). The van der Waals surface area contributed by atoms with Crippen molar-refractivity contribution in [3.8, 4) is 22.8 Å². The zero-order valence-electron chi connectivity index (χ0n) is 14.3. The molecule has 2 aromatic heterocycles. The summed E-state index contributed by atoms with van der Waals surface area (Å²) in [7, 11) is 0. The van der Waals surface area contributed by atoms with Gasteiger partial charge in [-0.1, -0.05) is 18.2 Å². The molecule has 3 heterocycles. The van der Waals surface area contributed by atoms with Gasteiger partial charge in [0.25, 0.3) is 0 Å². The van der Waals surface area contributed by atoms with Gasteiger partial charge in [-0.2, -0.15) is 5.10 Å². The Labute approximate surface area is 154 Å². The van der Waals surface area contributed by atoms with E-state index in [4.69, 9.17) is 4.74 Å². The largest absolute Gasteiger partial charge is 0.437 e. The fraction of sp³-hybridized carbons (Fsp3) is 0.158. The summed E-state index contributed by atoms with van der Waals surface area (Å²) in [5.41, 5.74) is 0.896. The number of hydrogen-bond acceptors (Lipinski definition) is 5. The molecule has 0 radical (unpaired) electrons. The Balaban J connectivity index is 1.57. The summed E-state index contributed by atoms with van der Waals surface area (Å²) >= 11 is 0. The second-order valence-corrected chi connectivity index (χ2v) is 5.99. The Kier molecular flexibility index (Phi) is 4.61. The van der Waals surface area contributed by atoms with Crippen molar-refractivity contribution in [2.45, 2.75) is 6.42 Å². The van der Waals surface area contributed by atoms with Gasteiger partial charge in [0.15, 0.2) is 11.6 Å². The average Bonchev–Trinajstić information content (AvgIpc) is 2.62. The van der Waals surface area contributed by atoms with Crippen LogP contribution in [0, 0.1) is 5.82 Å². The number of likely N-dealkylation sites (tertiary alicyclic amines) is 1. The van der Waals surface area contributed by atoms with Crippen molar-refractivity contribution in [1.29, 1.82) is 0 Å². The van der Waals surface area contributed by atoms with Crippen LogP contribution in [-0.4, -0.2) is 39.2 Å². The maximum Gasteiger partial charge on any atom is 0.323 e. The highest BCUT2D eigenvalue weighted by Crippen LogP contribution is 2.32. The summed E-state index contributed by atoms with van der Waals surface area (Å²) in [6.07, 6.45) is 3.96. The minimum atomic E-state index is -0.370. The van der Waals surface area contributed by atoms with Crippen molar-refractivity contribution in [2.24, 2.45) is 0 Å². The second kappa shape index (κ2) is 7.36. The van der Waals surface area contributed by atoms with E-state index < -0.39 is 0 Å². The molecular formula is C19H16FN5O2. The first-order valence-corrected chi connectivity index (χ1v) is 8.47. The zero-order valence-corrected chi connectivity index (χ0v) is 14.3. The van der Waals surface area contributed by atoms with E-state index in [1.54, 1.807) is 47.5 Å². The van der Waals surface area contributed by atoms with E-state index in [2.05, 4.69) is 20.5 Å². The molecule has 136 valence electrons. The number of ether oxygens (including phenoxy) is 1. The van der Waals surface area contributed by atoms with Gasteiger partial charge in [0.1, 0.15) is 5.82 Å². The number of halogens is 1. The summed E-state index contributed by atoms with van der Waals surface area (Å²) in [4.78, 5) is 17.9. The molecule has 8 heteroatoms. The monoisotopic (exact) mass is 365 g/mol. The molecule has 0 unspecified atom stereocenters. The zero-order chi connectivity index (χ0) is 18.6. The van der Waals surface area contributed by atoms with Crippen LogP contribution in [0.15, 0.2) is 54.9 Å². The number of carbonyl (C=O) groups is 1. The van der Waals surface area contributed by atoms with E-state index in [0.717, 1.165) is 19.5 Å². The van der Waals surface area contributed by atoms with Crippen molar-refractivity contribution >= 4 is 11.8 Å². The molecule has 0 atom stereocenters. The predicted molar refractivity (Wildman–Crippen MR) is 96.9 cm³/mol. The highest BCUT2D eigenvalue weighted by molar-refractivity contribution is 5.88. The molecule has 1 N–H and O–H groups in total. The number of aromatic nitrogens is 3. The lowest BCUT2D eigenvalue weighted by Crippen LogP contribution is -2.44. The van der Waals surface area contributed by atoms with Crippen LogP contribution in [-0.2, 0) is 0 Å². The number of pyridine rings is 1. The molecule has 1 aliphatic heterocycles. The van der Waals surface area contributed by atoms with Crippen LogP contribution in [0.25, 0.3) is 11.1 Å². The van der Waals surface area contributed by atoms with E-state index in [1.807, 2.05) is 0 Å². The van der Waals surface area contributed by atoms with Crippen LogP contribution in [0.2, 0.25) is 0 Å². The van der Waals surface area contributed by atoms with Gasteiger partial charge in [-0.15, -0.1) is 5.10 Å². The van der Waals surface area contributed by atoms with Crippen LogP contribution in [0.3, 0.4) is 0 Å². The summed E-state index contributed by atoms with van der Waals surface area (Å²) in [6.45, 7) is 1.46. The number of anilines is 1. The molecule has 27 heavy (non-hydrogen) atoms. The fourth-order valence-electron chi connectivity index (χ4n) is 2.64. The molecule has 1 aromatic carbocycles. The van der Waals surface area contributed by atoms with Gasteiger partial charge in [-0.3, -0.25) is 5.32 Å². The Morgan fingerprint density at radius 3 is 2.74 bits per heavy atom. The average molecular weight is 365 g/mol. The van der Waals surface area contributed by atoms with E-state index in [9.17, 15) is 9.18 Å². The predicted octanol–water partition coefficient (Wildman–Crippen LogP) is 3.71. The van der Waals surface area contributed by atoms with Crippen LogP contribution in [0.5, 0.6) is 11.6 Å². The van der Waals surface area contributed by atoms with E-state index >= 15 is 0 Å². The summed E-state index contributed by atoms with van der Waals surface area (Å²) in [5.74, 6) is 0.467. The molecule has 1 saturated heterocycles. The Hall–Kier alpha value is -3.55. The fourth-order valence-corrected chi connectivity index (χ4v) is 2.64. The lowest BCUT2D eigenvalue weighted by atomic mass is 10.1. The number of carbonyl (C=O) groups excluding carboxylic acids is 1. The van der Waals surface area contributed by atoms with Gasteiger partial charge in [-0.25, -0.2) is 14.2 Å². The maximum absolute atomic E-state index is 14.2. The third-order valence-corrected chi connectivity index (χ3v) is 4.16. The van der Waals surface area contributed by atoms with Gasteiger partial charge < -0.3 is 9.64 Å². The lowest BCUT2D eigenvalue weighted by Gasteiger charge is -2.30. The van der Waals surface area contributed by atoms with Crippen molar-refractivity contribution in [2.75, 3.05) is 18.4 Å². The van der Waals surface area contributed by atoms with Gasteiger partial charge in [0.05, 0.1) is 6.20 Å². The molecule has 3 aromatic rings. The van der Waals surface area contributed by atoms with Gasteiger partial charge >= 0.3 is 6.03 Å². The van der Waals surface area contributed by atoms with Crippen LogP contribution in [0.4, 0.5) is 15.0 Å². The number of benzene rings is 1. The highest BCUT2D eigenvalue weighted by atomic mass is 19.1. The number of hydrogen-bond donors (Lipinski definition) is 1. The van der Waals surface area contributed by atoms with Gasteiger partial charge in [0, 0.05) is 36.5 Å². The topological polar surface area (TPSA) is 80.2 Å². The third-order valence-electron chi connectivity index (χ3n) is 4.16. The molecule has 4 rings (SSSR count). The molecular weight excluding hydrogens is 349 g/mol. The van der Waals surface area contributed by atoms with E-state index in [1.165, 1.54) is 12.3 Å². The number of nitrogens with one attached hydrogen (secondary N) is 1. The van der Waals surface area contributed by atoms with Crippen molar-refractivity contribution in [3.05, 3.63) is 60.7 Å². The molecule has 0 aliphatic carbocycles.